The molecule has 0 aliphatic heterocycles. The molecule has 122 valence electrons. The van der Waals surface area contributed by atoms with Gasteiger partial charge in [-0.1, -0.05) is 29.8 Å². The number of anilines is 1. The van der Waals surface area contributed by atoms with Crippen molar-refractivity contribution in [2.45, 2.75) is 31.7 Å². The molecule has 0 saturated heterocycles. The molecule has 2 nitrogen and oxygen atoms in total. The number of nitrogens with zero attached hydrogens (tertiary/aromatic N) is 1. The minimum atomic E-state index is 0.439. The van der Waals surface area contributed by atoms with Crippen LogP contribution in [0.3, 0.4) is 0 Å². The molecule has 1 aliphatic carbocycles. The minimum absolute atomic E-state index is 0.439. The second-order valence-corrected chi connectivity index (χ2v) is 7.09. The van der Waals surface area contributed by atoms with Crippen molar-refractivity contribution in [3.8, 4) is 0 Å². The van der Waals surface area contributed by atoms with Gasteiger partial charge in [-0.2, -0.15) is 0 Å². The summed E-state index contributed by atoms with van der Waals surface area (Å²) in [6, 6.07) is 13.8. The lowest BCUT2D eigenvalue weighted by Crippen LogP contribution is -2.25. The van der Waals surface area contributed by atoms with Crippen LogP contribution in [0.25, 0.3) is 0 Å². The third-order valence-electron chi connectivity index (χ3n) is 5.01. The highest BCUT2D eigenvalue weighted by molar-refractivity contribution is 6.31. The fourth-order valence-corrected chi connectivity index (χ4v) is 3.75. The molecular weight excluding hydrogens is 304 g/mol. The lowest BCUT2D eigenvalue weighted by atomic mass is 9.76. The van der Waals surface area contributed by atoms with Crippen molar-refractivity contribution >= 4 is 17.3 Å². The second-order valence-electron chi connectivity index (χ2n) is 6.69. The zero-order valence-electron chi connectivity index (χ0n) is 14.4. The van der Waals surface area contributed by atoms with E-state index in [1.807, 2.05) is 6.07 Å². The first-order valence-electron chi connectivity index (χ1n) is 8.25. The van der Waals surface area contributed by atoms with Crippen LogP contribution < -0.4 is 10.2 Å². The summed E-state index contributed by atoms with van der Waals surface area (Å²) < 4.78 is 0. The Hall–Kier alpha value is -1.51. The second kappa shape index (κ2) is 6.54. The fourth-order valence-electron chi connectivity index (χ4n) is 3.63. The summed E-state index contributed by atoms with van der Waals surface area (Å²) in [6.07, 6.45) is 2.33. The first kappa shape index (κ1) is 16.4. The molecule has 23 heavy (non-hydrogen) atoms. The van der Waals surface area contributed by atoms with Crippen LogP contribution >= 0.6 is 11.6 Å². The molecule has 0 fully saturated rings. The van der Waals surface area contributed by atoms with E-state index in [0.29, 0.717) is 12.0 Å². The van der Waals surface area contributed by atoms with Crippen molar-refractivity contribution in [1.29, 1.82) is 0 Å². The van der Waals surface area contributed by atoms with Crippen LogP contribution in [-0.4, -0.2) is 21.1 Å². The zero-order valence-corrected chi connectivity index (χ0v) is 15.1. The van der Waals surface area contributed by atoms with Gasteiger partial charge in [0.05, 0.1) is 0 Å². The number of hydrogen-bond donors (Lipinski definition) is 1. The van der Waals surface area contributed by atoms with Gasteiger partial charge in [0, 0.05) is 36.8 Å². The molecule has 1 N–H and O–H groups in total. The molecule has 2 atom stereocenters. The summed E-state index contributed by atoms with van der Waals surface area (Å²) in [5.41, 5.74) is 6.68. The summed E-state index contributed by atoms with van der Waals surface area (Å²) in [5.74, 6) is 0.460. The highest BCUT2D eigenvalue weighted by atomic mass is 35.5. The standard InChI is InChI=1S/C20H25ClN2/c1-13-11-14(5-9-19(13)21)16-8-10-20(22-2)18-12-15(23(3)4)6-7-17(16)18/h5-7,9,11-12,16,20,22H,8,10H2,1-4H3. The van der Waals surface area contributed by atoms with Gasteiger partial charge in [0.2, 0.25) is 0 Å². The number of nitrogens with one attached hydrogen (secondary N) is 1. The molecule has 0 heterocycles. The largest absolute Gasteiger partial charge is 0.378 e. The Kier molecular flexibility index (Phi) is 4.65. The molecule has 0 amide bonds. The normalized spacial score (nSPS) is 20.2. The first-order chi connectivity index (χ1) is 11.0. The minimum Gasteiger partial charge on any atom is -0.378 e. The Morgan fingerprint density at radius 3 is 2.48 bits per heavy atom. The van der Waals surface area contributed by atoms with E-state index in [4.69, 9.17) is 11.6 Å². The Morgan fingerprint density at radius 2 is 1.83 bits per heavy atom. The van der Waals surface area contributed by atoms with Crippen molar-refractivity contribution in [3.63, 3.8) is 0 Å². The van der Waals surface area contributed by atoms with Crippen molar-refractivity contribution in [1.82, 2.24) is 5.32 Å². The SMILES string of the molecule is CNC1CCC(c2ccc(Cl)c(C)c2)c2ccc(N(C)C)cc21. The third kappa shape index (κ3) is 3.11. The van der Waals surface area contributed by atoms with E-state index in [1.54, 1.807) is 0 Å². The Labute approximate surface area is 144 Å². The maximum atomic E-state index is 6.21. The lowest BCUT2D eigenvalue weighted by molar-refractivity contribution is 0.471. The van der Waals surface area contributed by atoms with Crippen LogP contribution in [0.2, 0.25) is 5.02 Å². The van der Waals surface area contributed by atoms with Gasteiger partial charge in [0.15, 0.2) is 0 Å². The average Bonchev–Trinajstić information content (AvgIpc) is 2.55. The van der Waals surface area contributed by atoms with E-state index < -0.39 is 0 Å². The predicted octanol–water partition coefficient (Wildman–Crippen LogP) is 4.90. The molecule has 0 bridgehead atoms. The lowest BCUT2D eigenvalue weighted by Gasteiger charge is -2.33. The molecule has 1 aliphatic rings. The number of fused-ring (bicyclic) bond motifs is 1. The number of hydrogen-bond acceptors (Lipinski definition) is 2. The molecule has 2 unspecified atom stereocenters. The highest BCUT2D eigenvalue weighted by Crippen LogP contribution is 2.42. The molecule has 0 spiro atoms. The molecular formula is C20H25ClN2. The van der Waals surface area contributed by atoms with Crippen LogP contribution in [-0.2, 0) is 0 Å². The number of benzene rings is 2. The van der Waals surface area contributed by atoms with E-state index in [9.17, 15) is 0 Å². The highest BCUT2D eigenvalue weighted by Gasteiger charge is 2.28. The van der Waals surface area contributed by atoms with Gasteiger partial charge < -0.3 is 10.2 Å². The van der Waals surface area contributed by atoms with Crippen LogP contribution in [0.1, 0.15) is 47.1 Å². The number of halogens is 1. The molecule has 2 aromatic rings. The van der Waals surface area contributed by atoms with Crippen LogP contribution in [0.5, 0.6) is 0 Å². The van der Waals surface area contributed by atoms with Gasteiger partial charge >= 0.3 is 0 Å². The summed E-state index contributed by atoms with van der Waals surface area (Å²) in [5, 5.41) is 4.33. The maximum Gasteiger partial charge on any atom is 0.0435 e. The molecule has 0 aromatic heterocycles. The smallest absolute Gasteiger partial charge is 0.0435 e. The van der Waals surface area contributed by atoms with E-state index >= 15 is 0 Å². The maximum absolute atomic E-state index is 6.21. The number of aryl methyl sites for hydroxylation is 1. The predicted molar refractivity (Wildman–Crippen MR) is 99.8 cm³/mol. The first-order valence-corrected chi connectivity index (χ1v) is 8.63. The Balaban J connectivity index is 2.07. The van der Waals surface area contributed by atoms with E-state index in [-0.39, 0.29) is 0 Å². The fraction of sp³-hybridized carbons (Fsp3) is 0.400. The number of rotatable bonds is 3. The topological polar surface area (TPSA) is 15.3 Å². The Morgan fingerprint density at radius 1 is 1.04 bits per heavy atom. The van der Waals surface area contributed by atoms with E-state index in [0.717, 1.165) is 17.0 Å². The summed E-state index contributed by atoms with van der Waals surface area (Å²) in [4.78, 5) is 2.17. The molecule has 0 radical (unpaired) electrons. The average molecular weight is 329 g/mol. The summed E-state index contributed by atoms with van der Waals surface area (Å²) in [6.45, 7) is 2.08. The van der Waals surface area contributed by atoms with Crippen molar-refractivity contribution in [3.05, 3.63) is 63.7 Å². The molecule has 3 heteroatoms. The van der Waals surface area contributed by atoms with Gasteiger partial charge in [-0.3, -0.25) is 0 Å². The van der Waals surface area contributed by atoms with Crippen LogP contribution in [0, 0.1) is 6.92 Å². The summed E-state index contributed by atoms with van der Waals surface area (Å²) >= 11 is 6.21. The van der Waals surface area contributed by atoms with Gasteiger partial charge in [0.1, 0.15) is 0 Å². The molecule has 0 saturated carbocycles. The Bertz CT molecular complexity index is 709. The molecule has 2 aromatic carbocycles. The van der Waals surface area contributed by atoms with Gasteiger partial charge in [-0.05, 0) is 67.3 Å². The third-order valence-corrected chi connectivity index (χ3v) is 5.44. The van der Waals surface area contributed by atoms with Gasteiger partial charge in [-0.25, -0.2) is 0 Å². The molecule has 3 rings (SSSR count). The van der Waals surface area contributed by atoms with Gasteiger partial charge in [-0.15, -0.1) is 0 Å². The zero-order chi connectivity index (χ0) is 16.6. The van der Waals surface area contributed by atoms with Crippen molar-refractivity contribution in [2.24, 2.45) is 0 Å². The van der Waals surface area contributed by atoms with E-state index in [2.05, 4.69) is 68.6 Å². The van der Waals surface area contributed by atoms with Crippen molar-refractivity contribution < 1.29 is 0 Å². The van der Waals surface area contributed by atoms with Crippen molar-refractivity contribution in [2.75, 3.05) is 26.0 Å². The van der Waals surface area contributed by atoms with Crippen LogP contribution in [0.4, 0.5) is 5.69 Å². The monoisotopic (exact) mass is 328 g/mol. The van der Waals surface area contributed by atoms with Crippen LogP contribution in [0.15, 0.2) is 36.4 Å². The van der Waals surface area contributed by atoms with Gasteiger partial charge in [0.25, 0.3) is 0 Å². The quantitative estimate of drug-likeness (QED) is 0.862. The van der Waals surface area contributed by atoms with E-state index in [1.165, 1.54) is 28.8 Å². The summed E-state index contributed by atoms with van der Waals surface area (Å²) in [7, 11) is 6.25.